The summed E-state index contributed by atoms with van der Waals surface area (Å²) in [5, 5.41) is 9.41. The molecule has 3 N–H and O–H groups in total. The van der Waals surface area contributed by atoms with Crippen LogP contribution in [0.25, 0.3) is 0 Å². The van der Waals surface area contributed by atoms with Gasteiger partial charge in [-0.2, -0.15) is 5.10 Å². The van der Waals surface area contributed by atoms with Crippen molar-refractivity contribution in [1.29, 1.82) is 0 Å². The number of urea groups is 1. The molecule has 8 nitrogen and oxygen atoms in total. The molecule has 0 spiro atoms. The highest BCUT2D eigenvalue weighted by molar-refractivity contribution is 5.92. The zero-order valence-electron chi connectivity index (χ0n) is 18.7. The van der Waals surface area contributed by atoms with Crippen LogP contribution in [-0.2, 0) is 4.79 Å². The van der Waals surface area contributed by atoms with Gasteiger partial charge in [0.15, 0.2) is 6.61 Å². The molecular formula is C25H26N4O4. The summed E-state index contributed by atoms with van der Waals surface area (Å²) in [5.41, 5.74) is 6.61. The average Bonchev–Trinajstić information content (AvgIpc) is 2.81. The number of carbonyl (C=O) groups is 2. The van der Waals surface area contributed by atoms with E-state index in [1.54, 1.807) is 42.5 Å². The van der Waals surface area contributed by atoms with Crippen molar-refractivity contribution < 1.29 is 19.1 Å². The molecule has 3 aromatic rings. The van der Waals surface area contributed by atoms with Gasteiger partial charge in [0.1, 0.15) is 11.5 Å². The molecule has 0 heterocycles. The first-order valence-electron chi connectivity index (χ1n) is 10.3. The molecule has 0 atom stereocenters. The zero-order valence-corrected chi connectivity index (χ0v) is 18.7. The number of carbonyl (C=O) groups excluding carboxylic acids is 2. The van der Waals surface area contributed by atoms with Crippen LogP contribution in [0.3, 0.4) is 0 Å². The molecule has 0 aliphatic rings. The SMILES string of the molecule is COc1ccccc1NC(=O)N/N=C/c1cccc(OCC(=O)Nc2ccc(C)c(C)c2)c1. The summed E-state index contributed by atoms with van der Waals surface area (Å²) in [5.74, 6) is 0.794. The Bertz CT molecular complexity index is 1160. The summed E-state index contributed by atoms with van der Waals surface area (Å²) in [6, 6.07) is 19.3. The van der Waals surface area contributed by atoms with Gasteiger partial charge in [0.05, 0.1) is 19.0 Å². The van der Waals surface area contributed by atoms with E-state index in [2.05, 4.69) is 21.2 Å². The number of benzene rings is 3. The molecule has 0 fully saturated rings. The molecule has 3 aromatic carbocycles. The van der Waals surface area contributed by atoms with Crippen LogP contribution in [-0.4, -0.2) is 31.9 Å². The quantitative estimate of drug-likeness (QED) is 0.351. The predicted molar refractivity (Wildman–Crippen MR) is 129 cm³/mol. The number of amides is 3. The van der Waals surface area contributed by atoms with Gasteiger partial charge in [0.2, 0.25) is 0 Å². The summed E-state index contributed by atoms with van der Waals surface area (Å²) in [6.07, 6.45) is 1.48. The Labute approximate surface area is 192 Å². The predicted octanol–water partition coefficient (Wildman–Crippen LogP) is 4.49. The first-order chi connectivity index (χ1) is 15.9. The minimum Gasteiger partial charge on any atom is -0.495 e. The topological polar surface area (TPSA) is 101 Å². The lowest BCUT2D eigenvalue weighted by Gasteiger charge is -2.09. The Balaban J connectivity index is 1.49. The van der Waals surface area contributed by atoms with Crippen LogP contribution in [0.2, 0.25) is 0 Å². The van der Waals surface area contributed by atoms with E-state index in [0.29, 0.717) is 22.7 Å². The van der Waals surface area contributed by atoms with Crippen molar-refractivity contribution in [2.75, 3.05) is 24.4 Å². The van der Waals surface area contributed by atoms with Crippen molar-refractivity contribution in [3.63, 3.8) is 0 Å². The van der Waals surface area contributed by atoms with Gasteiger partial charge < -0.3 is 20.1 Å². The van der Waals surface area contributed by atoms with Gasteiger partial charge in [0, 0.05) is 5.69 Å². The molecule has 0 bridgehead atoms. The van der Waals surface area contributed by atoms with Gasteiger partial charge in [-0.25, -0.2) is 10.2 Å². The highest BCUT2D eigenvalue weighted by Crippen LogP contribution is 2.22. The maximum Gasteiger partial charge on any atom is 0.339 e. The van der Waals surface area contributed by atoms with E-state index in [-0.39, 0.29) is 12.5 Å². The highest BCUT2D eigenvalue weighted by atomic mass is 16.5. The Morgan fingerprint density at radius 2 is 1.76 bits per heavy atom. The van der Waals surface area contributed by atoms with Crippen molar-refractivity contribution in [2.24, 2.45) is 5.10 Å². The number of methoxy groups -OCH3 is 1. The number of aryl methyl sites for hydroxylation is 2. The molecule has 0 aromatic heterocycles. The van der Waals surface area contributed by atoms with E-state index in [1.807, 2.05) is 38.1 Å². The van der Waals surface area contributed by atoms with Crippen molar-refractivity contribution >= 4 is 29.5 Å². The number of hydrogen-bond donors (Lipinski definition) is 3. The largest absolute Gasteiger partial charge is 0.495 e. The summed E-state index contributed by atoms with van der Waals surface area (Å²) >= 11 is 0. The number of nitrogens with zero attached hydrogens (tertiary/aromatic N) is 1. The molecule has 3 amide bonds. The van der Waals surface area contributed by atoms with Gasteiger partial charge in [-0.05, 0) is 66.9 Å². The molecule has 170 valence electrons. The minimum absolute atomic E-state index is 0.132. The number of rotatable bonds is 8. The van der Waals surface area contributed by atoms with Gasteiger partial charge in [-0.3, -0.25) is 4.79 Å². The number of anilines is 2. The fraction of sp³-hybridized carbons (Fsp3) is 0.160. The third-order valence-corrected chi connectivity index (χ3v) is 4.75. The second-order valence-electron chi connectivity index (χ2n) is 7.23. The molecular weight excluding hydrogens is 420 g/mol. The Kier molecular flexibility index (Phi) is 8.02. The second-order valence-corrected chi connectivity index (χ2v) is 7.23. The minimum atomic E-state index is -0.508. The van der Waals surface area contributed by atoms with Crippen LogP contribution in [0.15, 0.2) is 71.8 Å². The Morgan fingerprint density at radius 3 is 2.55 bits per heavy atom. The smallest absolute Gasteiger partial charge is 0.339 e. The lowest BCUT2D eigenvalue weighted by atomic mass is 10.1. The molecule has 0 saturated heterocycles. The van der Waals surface area contributed by atoms with Crippen molar-refractivity contribution in [2.45, 2.75) is 13.8 Å². The van der Waals surface area contributed by atoms with Crippen LogP contribution in [0, 0.1) is 13.8 Å². The zero-order chi connectivity index (χ0) is 23.6. The van der Waals surface area contributed by atoms with Crippen LogP contribution in [0.4, 0.5) is 16.2 Å². The summed E-state index contributed by atoms with van der Waals surface area (Å²) in [4.78, 5) is 24.2. The molecule has 0 unspecified atom stereocenters. The molecule has 0 aliphatic heterocycles. The maximum atomic E-state index is 12.2. The number of para-hydroxylation sites is 2. The highest BCUT2D eigenvalue weighted by Gasteiger charge is 2.06. The third kappa shape index (κ3) is 7.10. The lowest BCUT2D eigenvalue weighted by molar-refractivity contribution is -0.118. The van der Waals surface area contributed by atoms with Gasteiger partial charge >= 0.3 is 6.03 Å². The molecule has 8 heteroatoms. The van der Waals surface area contributed by atoms with E-state index in [9.17, 15) is 9.59 Å². The van der Waals surface area contributed by atoms with Crippen LogP contribution < -0.4 is 25.5 Å². The number of hydrogen-bond acceptors (Lipinski definition) is 5. The third-order valence-electron chi connectivity index (χ3n) is 4.75. The molecule has 0 radical (unpaired) electrons. The van der Waals surface area contributed by atoms with Crippen LogP contribution in [0.1, 0.15) is 16.7 Å². The second kappa shape index (κ2) is 11.3. The molecule has 0 saturated carbocycles. The van der Waals surface area contributed by atoms with Crippen molar-refractivity contribution in [3.8, 4) is 11.5 Å². The first kappa shape index (κ1) is 23.3. The van der Waals surface area contributed by atoms with E-state index < -0.39 is 6.03 Å². The first-order valence-corrected chi connectivity index (χ1v) is 10.3. The fourth-order valence-corrected chi connectivity index (χ4v) is 2.91. The fourth-order valence-electron chi connectivity index (χ4n) is 2.91. The normalized spacial score (nSPS) is 10.5. The van der Waals surface area contributed by atoms with E-state index in [1.165, 1.54) is 13.3 Å². The van der Waals surface area contributed by atoms with Gasteiger partial charge in [0.25, 0.3) is 5.91 Å². The van der Waals surface area contributed by atoms with Crippen molar-refractivity contribution in [1.82, 2.24) is 5.43 Å². The number of nitrogens with one attached hydrogen (secondary N) is 3. The Morgan fingerprint density at radius 1 is 0.939 bits per heavy atom. The number of ether oxygens (including phenoxy) is 2. The van der Waals surface area contributed by atoms with Crippen LogP contribution in [0.5, 0.6) is 11.5 Å². The maximum absolute atomic E-state index is 12.2. The summed E-state index contributed by atoms with van der Waals surface area (Å²) < 4.78 is 10.8. The van der Waals surface area contributed by atoms with Crippen molar-refractivity contribution in [3.05, 3.63) is 83.4 Å². The van der Waals surface area contributed by atoms with Gasteiger partial charge in [-0.1, -0.05) is 30.3 Å². The molecule has 33 heavy (non-hydrogen) atoms. The van der Waals surface area contributed by atoms with E-state index in [0.717, 1.165) is 16.8 Å². The summed E-state index contributed by atoms with van der Waals surface area (Å²) in [7, 11) is 1.53. The Hall–Kier alpha value is -4.33. The standard InChI is InChI=1S/C25H26N4O4/c1-17-11-12-20(13-18(17)2)27-24(30)16-33-21-8-6-7-19(14-21)15-26-29-25(31)28-22-9-4-5-10-23(22)32-3/h4-15H,16H2,1-3H3,(H,27,30)(H2,28,29,31)/b26-15+. The average molecular weight is 447 g/mol. The van der Waals surface area contributed by atoms with Gasteiger partial charge in [-0.15, -0.1) is 0 Å². The molecule has 0 aliphatic carbocycles. The molecule has 3 rings (SSSR count). The van der Waals surface area contributed by atoms with E-state index >= 15 is 0 Å². The summed E-state index contributed by atoms with van der Waals surface area (Å²) in [6.45, 7) is 3.88. The van der Waals surface area contributed by atoms with Crippen LogP contribution >= 0.6 is 0 Å². The van der Waals surface area contributed by atoms with E-state index in [4.69, 9.17) is 9.47 Å². The lowest BCUT2D eigenvalue weighted by Crippen LogP contribution is -2.24. The monoisotopic (exact) mass is 446 g/mol. The number of hydrazone groups is 1.